The number of halogens is 2. The molecule has 0 aliphatic heterocycles. The number of alkyl halides is 2. The Balaban J connectivity index is 1.64. The summed E-state index contributed by atoms with van der Waals surface area (Å²) in [4.78, 5) is 8.41. The highest BCUT2D eigenvalue weighted by Gasteiger charge is 2.21. The van der Waals surface area contributed by atoms with E-state index in [0.29, 0.717) is 23.5 Å². The van der Waals surface area contributed by atoms with Gasteiger partial charge in [-0.05, 0) is 25.7 Å². The van der Waals surface area contributed by atoms with Crippen LogP contribution in [0.25, 0.3) is 11.5 Å². The molecule has 1 fully saturated rings. The van der Waals surface area contributed by atoms with E-state index in [1.165, 1.54) is 44.5 Å². The zero-order valence-corrected chi connectivity index (χ0v) is 12.9. The van der Waals surface area contributed by atoms with Gasteiger partial charge in [-0.1, -0.05) is 19.3 Å². The average molecular weight is 323 g/mol. The molecule has 1 atom stereocenters. The van der Waals surface area contributed by atoms with Crippen LogP contribution in [0.3, 0.4) is 0 Å². The number of nitrogens with one attached hydrogen (secondary N) is 1. The second-order valence-electron chi connectivity index (χ2n) is 5.87. The number of anilines is 1. The van der Waals surface area contributed by atoms with E-state index < -0.39 is 12.3 Å². The molecule has 0 aromatic carbocycles. The second kappa shape index (κ2) is 6.97. The minimum atomic E-state index is -2.78. The molecule has 1 aliphatic rings. The van der Waals surface area contributed by atoms with Crippen LogP contribution in [0.5, 0.6) is 0 Å². The molecule has 2 aromatic heterocycles. The minimum absolute atomic E-state index is 0.00724. The molecule has 0 bridgehead atoms. The molecule has 1 saturated carbocycles. The van der Waals surface area contributed by atoms with Crippen LogP contribution in [0.15, 0.2) is 16.8 Å². The van der Waals surface area contributed by atoms with Crippen molar-refractivity contribution < 1.29 is 13.2 Å². The van der Waals surface area contributed by atoms with E-state index in [2.05, 4.69) is 32.4 Å². The highest BCUT2D eigenvalue weighted by molar-refractivity contribution is 5.50. The quantitative estimate of drug-likeness (QED) is 0.900. The molecular formula is C15H19F2N5O. The topological polar surface area (TPSA) is 76.7 Å². The van der Waals surface area contributed by atoms with Gasteiger partial charge in [0.25, 0.3) is 11.8 Å². The zero-order chi connectivity index (χ0) is 16.2. The fourth-order valence-electron chi connectivity index (χ4n) is 2.91. The first-order valence-electron chi connectivity index (χ1n) is 7.84. The monoisotopic (exact) mass is 323 g/mol. The van der Waals surface area contributed by atoms with Crippen LogP contribution in [-0.4, -0.2) is 26.2 Å². The van der Waals surface area contributed by atoms with Crippen LogP contribution in [-0.2, 0) is 0 Å². The summed E-state index contributed by atoms with van der Waals surface area (Å²) >= 11 is 0. The number of aromatic nitrogens is 4. The number of hydrogen-bond acceptors (Lipinski definition) is 6. The highest BCUT2D eigenvalue weighted by Crippen LogP contribution is 2.28. The van der Waals surface area contributed by atoms with Gasteiger partial charge in [0, 0.05) is 18.4 Å². The van der Waals surface area contributed by atoms with Crippen molar-refractivity contribution in [1.82, 2.24) is 20.2 Å². The smallest absolute Gasteiger partial charge is 0.314 e. The molecule has 0 radical (unpaired) electrons. The maximum atomic E-state index is 12.4. The van der Waals surface area contributed by atoms with E-state index in [4.69, 9.17) is 4.42 Å². The first-order chi connectivity index (χ1) is 11.1. The van der Waals surface area contributed by atoms with Crippen molar-refractivity contribution in [1.29, 1.82) is 0 Å². The number of nitrogens with zero attached hydrogens (tertiary/aromatic N) is 4. The summed E-state index contributed by atoms with van der Waals surface area (Å²) < 4.78 is 29.8. The first-order valence-corrected chi connectivity index (χ1v) is 7.84. The molecule has 2 heterocycles. The summed E-state index contributed by atoms with van der Waals surface area (Å²) in [6.45, 7) is 2.14. The van der Waals surface area contributed by atoms with Crippen molar-refractivity contribution in [2.75, 3.05) is 5.32 Å². The Morgan fingerprint density at radius 3 is 2.43 bits per heavy atom. The van der Waals surface area contributed by atoms with Crippen molar-refractivity contribution in [3.8, 4) is 11.5 Å². The molecule has 1 aliphatic carbocycles. The van der Waals surface area contributed by atoms with Crippen LogP contribution >= 0.6 is 0 Å². The molecule has 6 nitrogen and oxygen atoms in total. The molecule has 124 valence electrons. The highest BCUT2D eigenvalue weighted by atomic mass is 19.3. The van der Waals surface area contributed by atoms with Gasteiger partial charge in [0.1, 0.15) is 0 Å². The molecule has 8 heteroatoms. The Kier molecular flexibility index (Phi) is 4.78. The lowest BCUT2D eigenvalue weighted by molar-refractivity contribution is 0.116. The lowest BCUT2D eigenvalue weighted by atomic mass is 9.85. The van der Waals surface area contributed by atoms with Crippen molar-refractivity contribution in [2.24, 2.45) is 5.92 Å². The Morgan fingerprint density at radius 1 is 1.13 bits per heavy atom. The van der Waals surface area contributed by atoms with Crippen LogP contribution in [0.1, 0.15) is 51.3 Å². The predicted octanol–water partition coefficient (Wildman–Crippen LogP) is 3.84. The summed E-state index contributed by atoms with van der Waals surface area (Å²) in [7, 11) is 0. The standard InChI is InChI=1S/C15H19F2N5O/c1-9(10-5-3-2-4-6-10)20-15-18-7-11(8-19-15)13-21-22-14(23-13)12(16)17/h7-10,12H,2-6H2,1H3,(H,18,19,20). The second-order valence-corrected chi connectivity index (χ2v) is 5.87. The van der Waals surface area contributed by atoms with Crippen LogP contribution < -0.4 is 5.32 Å². The van der Waals surface area contributed by atoms with Gasteiger partial charge in [-0.15, -0.1) is 10.2 Å². The summed E-state index contributed by atoms with van der Waals surface area (Å²) in [6, 6.07) is 0.301. The van der Waals surface area contributed by atoms with E-state index >= 15 is 0 Å². The summed E-state index contributed by atoms with van der Waals surface area (Å²) in [6.07, 6.45) is 6.53. The molecular weight excluding hydrogens is 304 g/mol. The Hall–Kier alpha value is -2.12. The van der Waals surface area contributed by atoms with E-state index in [-0.39, 0.29) is 5.89 Å². The van der Waals surface area contributed by atoms with Gasteiger partial charge in [-0.2, -0.15) is 8.78 Å². The maximum Gasteiger partial charge on any atom is 0.314 e. The van der Waals surface area contributed by atoms with Gasteiger partial charge in [0.05, 0.1) is 5.56 Å². The minimum Gasteiger partial charge on any atom is -0.415 e. The molecule has 0 saturated heterocycles. The third-order valence-corrected chi connectivity index (χ3v) is 4.24. The van der Waals surface area contributed by atoms with Crippen molar-refractivity contribution >= 4 is 5.95 Å². The average Bonchev–Trinajstić information content (AvgIpc) is 3.07. The van der Waals surface area contributed by atoms with E-state index in [1.54, 1.807) is 0 Å². The van der Waals surface area contributed by atoms with Gasteiger partial charge in [0.2, 0.25) is 5.95 Å². The summed E-state index contributed by atoms with van der Waals surface area (Å²) in [5, 5.41) is 10.2. The third kappa shape index (κ3) is 3.80. The van der Waals surface area contributed by atoms with Gasteiger partial charge in [0.15, 0.2) is 0 Å². The molecule has 23 heavy (non-hydrogen) atoms. The van der Waals surface area contributed by atoms with Crippen LogP contribution in [0.4, 0.5) is 14.7 Å². The van der Waals surface area contributed by atoms with E-state index in [9.17, 15) is 8.78 Å². The SMILES string of the molecule is CC(Nc1ncc(-c2nnc(C(F)F)o2)cn1)C1CCCCC1. The zero-order valence-electron chi connectivity index (χ0n) is 12.9. The first kappa shape index (κ1) is 15.8. The lowest BCUT2D eigenvalue weighted by Crippen LogP contribution is -2.28. The number of rotatable bonds is 5. The lowest BCUT2D eigenvalue weighted by Gasteiger charge is -2.28. The van der Waals surface area contributed by atoms with E-state index in [0.717, 1.165) is 0 Å². The Bertz CT molecular complexity index is 625. The van der Waals surface area contributed by atoms with Crippen molar-refractivity contribution in [3.05, 3.63) is 18.3 Å². The molecule has 1 N–H and O–H groups in total. The van der Waals surface area contributed by atoms with Gasteiger partial charge in [-0.25, -0.2) is 9.97 Å². The molecule has 3 rings (SSSR count). The molecule has 0 spiro atoms. The van der Waals surface area contributed by atoms with Gasteiger partial charge < -0.3 is 9.73 Å². The number of hydrogen-bond donors (Lipinski definition) is 1. The molecule has 0 amide bonds. The van der Waals surface area contributed by atoms with Crippen LogP contribution in [0, 0.1) is 5.92 Å². The molecule has 1 unspecified atom stereocenters. The predicted molar refractivity (Wildman–Crippen MR) is 79.9 cm³/mol. The maximum absolute atomic E-state index is 12.4. The Labute approximate surface area is 132 Å². The largest absolute Gasteiger partial charge is 0.415 e. The fourth-order valence-corrected chi connectivity index (χ4v) is 2.91. The molecule has 2 aromatic rings. The summed E-state index contributed by atoms with van der Waals surface area (Å²) in [5.74, 6) is 0.442. The Morgan fingerprint density at radius 2 is 1.83 bits per heavy atom. The summed E-state index contributed by atoms with van der Waals surface area (Å²) in [5.41, 5.74) is 0.417. The third-order valence-electron chi connectivity index (χ3n) is 4.24. The fraction of sp³-hybridized carbons (Fsp3) is 0.600. The van der Waals surface area contributed by atoms with Gasteiger partial charge >= 0.3 is 6.43 Å². The normalized spacial score (nSPS) is 17.4. The van der Waals surface area contributed by atoms with Crippen LogP contribution in [0.2, 0.25) is 0 Å². The van der Waals surface area contributed by atoms with Gasteiger partial charge in [-0.3, -0.25) is 0 Å². The van der Waals surface area contributed by atoms with Crippen molar-refractivity contribution in [2.45, 2.75) is 51.5 Å². The van der Waals surface area contributed by atoms with E-state index in [1.807, 2.05) is 0 Å². The van der Waals surface area contributed by atoms with Crippen molar-refractivity contribution in [3.63, 3.8) is 0 Å².